The number of furan rings is 1. The van der Waals surface area contributed by atoms with E-state index in [2.05, 4.69) is 19.9 Å². The van der Waals surface area contributed by atoms with Gasteiger partial charge in [-0.2, -0.15) is 0 Å². The highest BCUT2D eigenvalue weighted by Crippen LogP contribution is 2.66. The zero-order chi connectivity index (χ0) is 17.7. The summed E-state index contributed by atoms with van der Waals surface area (Å²) in [7, 11) is 1.53. The molecule has 4 nitrogen and oxygen atoms in total. The largest absolute Gasteiger partial charge is 0.472 e. The van der Waals surface area contributed by atoms with Crippen molar-refractivity contribution in [1.29, 1.82) is 0 Å². The topological polar surface area (TPSA) is 52.0 Å². The molecule has 3 fully saturated rings. The predicted molar refractivity (Wildman–Crippen MR) is 94.0 cm³/mol. The van der Waals surface area contributed by atoms with Gasteiger partial charge in [-0.3, -0.25) is 4.79 Å². The monoisotopic (exact) mass is 346 g/mol. The zero-order valence-corrected chi connectivity index (χ0v) is 15.7. The van der Waals surface area contributed by atoms with E-state index in [1.807, 2.05) is 6.26 Å². The predicted octanol–water partition coefficient (Wildman–Crippen LogP) is 4.38. The summed E-state index contributed by atoms with van der Waals surface area (Å²) in [5.74, 6) is 0.855. The molecule has 1 saturated heterocycles. The third-order valence-corrected chi connectivity index (χ3v) is 7.73. The Balaban J connectivity index is 1.63. The first-order valence-electron chi connectivity index (χ1n) is 9.68. The summed E-state index contributed by atoms with van der Waals surface area (Å²) in [6, 6.07) is 2.06. The smallest absolute Gasteiger partial charge is 0.311 e. The molecule has 4 heteroatoms. The maximum atomic E-state index is 12.6. The van der Waals surface area contributed by atoms with E-state index < -0.39 is 0 Å². The van der Waals surface area contributed by atoms with Crippen LogP contribution in [-0.2, 0) is 20.7 Å². The van der Waals surface area contributed by atoms with Gasteiger partial charge in [0, 0.05) is 0 Å². The number of esters is 1. The number of carbonyl (C=O) groups excluding carboxylic acids is 1. The molecular weight excluding hydrogens is 316 g/mol. The number of fused-ring (bicyclic) bond motifs is 1. The van der Waals surface area contributed by atoms with Crippen molar-refractivity contribution >= 4 is 5.97 Å². The van der Waals surface area contributed by atoms with Gasteiger partial charge in [-0.1, -0.05) is 13.3 Å². The van der Waals surface area contributed by atoms with Crippen molar-refractivity contribution in [3.8, 4) is 0 Å². The van der Waals surface area contributed by atoms with Crippen LogP contribution >= 0.6 is 0 Å². The lowest BCUT2D eigenvalue weighted by molar-refractivity contribution is -0.174. The van der Waals surface area contributed by atoms with Crippen molar-refractivity contribution in [1.82, 2.24) is 0 Å². The second kappa shape index (κ2) is 5.87. The van der Waals surface area contributed by atoms with Gasteiger partial charge in [0.1, 0.15) is 0 Å². The lowest BCUT2D eigenvalue weighted by Gasteiger charge is -2.58. The average Bonchev–Trinajstić information content (AvgIpc) is 3.16. The van der Waals surface area contributed by atoms with Gasteiger partial charge >= 0.3 is 5.97 Å². The summed E-state index contributed by atoms with van der Waals surface area (Å²) >= 11 is 0. The highest BCUT2D eigenvalue weighted by molar-refractivity contribution is 5.77. The number of hydrogen-bond donors (Lipinski definition) is 0. The maximum absolute atomic E-state index is 12.6. The number of hydrogen-bond acceptors (Lipinski definition) is 4. The third kappa shape index (κ3) is 2.56. The first kappa shape index (κ1) is 17.1. The van der Waals surface area contributed by atoms with Crippen LogP contribution in [0.1, 0.15) is 57.9 Å². The van der Waals surface area contributed by atoms with Crippen molar-refractivity contribution in [2.24, 2.45) is 22.7 Å². The number of carbonyl (C=O) groups is 1. The third-order valence-electron chi connectivity index (χ3n) is 7.73. The fraction of sp³-hybridized carbons (Fsp3) is 0.762. The second-order valence-electron chi connectivity index (χ2n) is 8.94. The van der Waals surface area contributed by atoms with Gasteiger partial charge in [-0.25, -0.2) is 0 Å². The highest BCUT2D eigenvalue weighted by Gasteiger charge is 2.66. The fourth-order valence-corrected chi connectivity index (χ4v) is 6.40. The molecule has 0 amide bonds. The van der Waals surface area contributed by atoms with Gasteiger partial charge in [-0.15, -0.1) is 0 Å². The minimum Gasteiger partial charge on any atom is -0.472 e. The van der Waals surface area contributed by atoms with E-state index in [0.717, 1.165) is 45.1 Å². The molecule has 0 bridgehead atoms. The Morgan fingerprint density at radius 2 is 2.12 bits per heavy atom. The first-order chi connectivity index (χ1) is 11.9. The molecule has 2 heterocycles. The number of rotatable bonds is 4. The van der Waals surface area contributed by atoms with Gasteiger partial charge in [0.2, 0.25) is 0 Å². The first-order valence-corrected chi connectivity index (χ1v) is 9.68. The molecule has 0 N–H and O–H groups in total. The van der Waals surface area contributed by atoms with Crippen molar-refractivity contribution in [2.75, 3.05) is 13.7 Å². The molecule has 3 aliphatic rings. The summed E-state index contributed by atoms with van der Waals surface area (Å²) < 4.78 is 16.5. The molecule has 25 heavy (non-hydrogen) atoms. The van der Waals surface area contributed by atoms with E-state index in [4.69, 9.17) is 13.9 Å². The molecule has 1 spiro atoms. The number of methoxy groups -OCH3 is 1. The van der Waals surface area contributed by atoms with Crippen molar-refractivity contribution in [2.45, 2.75) is 64.4 Å². The van der Waals surface area contributed by atoms with Crippen LogP contribution in [-0.4, -0.2) is 25.3 Å². The van der Waals surface area contributed by atoms with E-state index in [0.29, 0.717) is 11.8 Å². The number of ether oxygens (including phenoxy) is 2. The molecule has 2 saturated carbocycles. The molecule has 0 aromatic carbocycles. The quantitative estimate of drug-likeness (QED) is 0.600. The van der Waals surface area contributed by atoms with E-state index in [9.17, 15) is 4.79 Å². The standard InChI is InChI=1S/C21H30O4/c1-19-9-4-10-20(2,18(22)23-3)16(19)7-11-21(14-25-21)17(19)6-5-15-8-12-24-13-15/h8,12-13,16-17H,4-7,9-11,14H2,1-3H3. The Labute approximate surface area is 150 Å². The van der Waals surface area contributed by atoms with Gasteiger partial charge in [0.25, 0.3) is 0 Å². The molecule has 1 aliphatic heterocycles. The Kier molecular flexibility index (Phi) is 4.02. The lowest BCUT2D eigenvalue weighted by Crippen LogP contribution is -2.57. The summed E-state index contributed by atoms with van der Waals surface area (Å²) in [5.41, 5.74) is 1.10. The summed E-state index contributed by atoms with van der Waals surface area (Å²) in [4.78, 5) is 12.6. The molecule has 2 aliphatic carbocycles. The Morgan fingerprint density at radius 3 is 2.76 bits per heavy atom. The van der Waals surface area contributed by atoms with Gasteiger partial charge < -0.3 is 13.9 Å². The minimum atomic E-state index is -0.355. The van der Waals surface area contributed by atoms with Crippen LogP contribution in [0, 0.1) is 22.7 Å². The van der Waals surface area contributed by atoms with E-state index in [1.54, 1.807) is 6.26 Å². The highest BCUT2D eigenvalue weighted by atomic mass is 16.6. The van der Waals surface area contributed by atoms with Crippen LogP contribution in [0.2, 0.25) is 0 Å². The van der Waals surface area contributed by atoms with Gasteiger partial charge in [-0.05, 0) is 74.3 Å². The molecule has 4 rings (SSSR count). The van der Waals surface area contributed by atoms with Crippen molar-refractivity contribution < 1.29 is 18.7 Å². The number of aryl methyl sites for hydroxylation is 1. The average molecular weight is 346 g/mol. The SMILES string of the molecule is COC(=O)C1(C)CCCC2(C)C(CCc3ccoc3)C3(CCC12)CO3. The molecule has 5 atom stereocenters. The molecule has 138 valence electrons. The van der Waals surface area contributed by atoms with Gasteiger partial charge in [0.05, 0.1) is 37.3 Å². The summed E-state index contributed by atoms with van der Waals surface area (Å²) in [5, 5.41) is 0. The molecule has 5 unspecified atom stereocenters. The van der Waals surface area contributed by atoms with Crippen molar-refractivity contribution in [3.05, 3.63) is 24.2 Å². The van der Waals surface area contributed by atoms with Crippen LogP contribution in [0.5, 0.6) is 0 Å². The zero-order valence-electron chi connectivity index (χ0n) is 15.7. The van der Waals surface area contributed by atoms with Gasteiger partial charge in [0.15, 0.2) is 0 Å². The molecule has 0 radical (unpaired) electrons. The number of epoxide rings is 1. The second-order valence-corrected chi connectivity index (χ2v) is 8.94. The van der Waals surface area contributed by atoms with Crippen LogP contribution in [0.4, 0.5) is 0 Å². The maximum Gasteiger partial charge on any atom is 0.311 e. The normalized spacial score (nSPS) is 42.8. The summed E-state index contributed by atoms with van der Waals surface area (Å²) in [6.45, 7) is 5.45. The van der Waals surface area contributed by atoms with E-state index in [1.165, 1.54) is 19.1 Å². The van der Waals surface area contributed by atoms with E-state index in [-0.39, 0.29) is 22.4 Å². The van der Waals surface area contributed by atoms with Crippen LogP contribution in [0.25, 0.3) is 0 Å². The van der Waals surface area contributed by atoms with Crippen LogP contribution in [0.15, 0.2) is 23.0 Å². The summed E-state index contributed by atoms with van der Waals surface area (Å²) in [6.07, 6.45) is 11.1. The molecule has 1 aromatic rings. The minimum absolute atomic E-state index is 0.0234. The Hall–Kier alpha value is -1.29. The fourth-order valence-electron chi connectivity index (χ4n) is 6.40. The molecular formula is C21H30O4. The van der Waals surface area contributed by atoms with Crippen molar-refractivity contribution in [3.63, 3.8) is 0 Å². The lowest BCUT2D eigenvalue weighted by atomic mass is 9.45. The Morgan fingerprint density at radius 1 is 1.32 bits per heavy atom. The molecule has 1 aromatic heterocycles. The Bertz CT molecular complexity index is 632. The van der Waals surface area contributed by atoms with Crippen LogP contribution in [0.3, 0.4) is 0 Å². The van der Waals surface area contributed by atoms with E-state index >= 15 is 0 Å². The van der Waals surface area contributed by atoms with Crippen LogP contribution < -0.4 is 0 Å².